The Balaban J connectivity index is 1.73. The SMILES string of the molecule is Oc1ccc(N[C@H](c2nnc(-c3ccccc3)o2)c2ccccc2F)cc1. The van der Waals surface area contributed by atoms with Crippen molar-refractivity contribution >= 4 is 5.69 Å². The largest absolute Gasteiger partial charge is 0.508 e. The number of halogens is 1. The van der Waals surface area contributed by atoms with Crippen LogP contribution in [0.25, 0.3) is 11.5 Å². The predicted octanol–water partition coefficient (Wildman–Crippen LogP) is 4.78. The molecule has 0 radical (unpaired) electrons. The summed E-state index contributed by atoms with van der Waals surface area (Å²) in [4.78, 5) is 0. The van der Waals surface area contributed by atoms with Crippen LogP contribution >= 0.6 is 0 Å². The lowest BCUT2D eigenvalue weighted by Gasteiger charge is -2.17. The van der Waals surface area contributed by atoms with E-state index >= 15 is 0 Å². The van der Waals surface area contributed by atoms with Crippen LogP contribution in [0.4, 0.5) is 10.1 Å². The van der Waals surface area contributed by atoms with Crippen molar-refractivity contribution in [3.63, 3.8) is 0 Å². The molecule has 0 aliphatic rings. The van der Waals surface area contributed by atoms with Gasteiger partial charge in [-0.05, 0) is 42.5 Å². The highest BCUT2D eigenvalue weighted by atomic mass is 19.1. The molecule has 4 rings (SSSR count). The van der Waals surface area contributed by atoms with Gasteiger partial charge < -0.3 is 14.8 Å². The average Bonchev–Trinajstić information content (AvgIpc) is 3.19. The molecule has 0 bridgehead atoms. The van der Waals surface area contributed by atoms with Gasteiger partial charge in [-0.15, -0.1) is 10.2 Å². The Morgan fingerprint density at radius 2 is 1.56 bits per heavy atom. The number of rotatable bonds is 5. The van der Waals surface area contributed by atoms with Crippen LogP contribution in [0.5, 0.6) is 5.75 Å². The molecule has 4 aromatic rings. The molecular weight excluding hydrogens is 345 g/mol. The molecule has 0 aliphatic carbocycles. The summed E-state index contributed by atoms with van der Waals surface area (Å²) < 4.78 is 20.3. The maximum absolute atomic E-state index is 14.5. The quantitative estimate of drug-likeness (QED) is 0.501. The smallest absolute Gasteiger partial charge is 0.247 e. The second-order valence-corrected chi connectivity index (χ2v) is 5.96. The highest BCUT2D eigenvalue weighted by Gasteiger charge is 2.24. The first-order valence-electron chi connectivity index (χ1n) is 8.39. The first-order valence-corrected chi connectivity index (χ1v) is 8.39. The summed E-state index contributed by atoms with van der Waals surface area (Å²) in [5, 5.41) is 20.9. The molecule has 2 N–H and O–H groups in total. The van der Waals surface area contributed by atoms with E-state index in [1.807, 2.05) is 30.3 Å². The van der Waals surface area contributed by atoms with Gasteiger partial charge >= 0.3 is 0 Å². The molecule has 0 saturated carbocycles. The number of hydrogen-bond acceptors (Lipinski definition) is 5. The third kappa shape index (κ3) is 3.64. The van der Waals surface area contributed by atoms with Crippen LogP contribution in [0.1, 0.15) is 17.5 Å². The van der Waals surface area contributed by atoms with Crippen molar-refractivity contribution < 1.29 is 13.9 Å². The van der Waals surface area contributed by atoms with E-state index < -0.39 is 6.04 Å². The minimum Gasteiger partial charge on any atom is -0.508 e. The molecule has 1 atom stereocenters. The van der Waals surface area contributed by atoms with Crippen LogP contribution in [-0.2, 0) is 0 Å². The first kappa shape index (κ1) is 16.8. The van der Waals surface area contributed by atoms with E-state index in [1.165, 1.54) is 6.07 Å². The third-order valence-electron chi connectivity index (χ3n) is 4.10. The molecule has 6 heteroatoms. The summed E-state index contributed by atoms with van der Waals surface area (Å²) in [6, 6.07) is 21.6. The van der Waals surface area contributed by atoms with Gasteiger partial charge in [-0.1, -0.05) is 36.4 Å². The van der Waals surface area contributed by atoms with Crippen LogP contribution in [0, 0.1) is 5.82 Å². The Morgan fingerprint density at radius 3 is 2.30 bits per heavy atom. The van der Waals surface area contributed by atoms with Crippen molar-refractivity contribution in [1.29, 1.82) is 0 Å². The Labute approximate surface area is 155 Å². The summed E-state index contributed by atoms with van der Waals surface area (Å²) in [5.41, 5.74) is 1.85. The normalized spacial score (nSPS) is 11.9. The lowest BCUT2D eigenvalue weighted by atomic mass is 10.1. The molecule has 5 nitrogen and oxygen atoms in total. The topological polar surface area (TPSA) is 71.2 Å². The van der Waals surface area contributed by atoms with Gasteiger partial charge in [0.05, 0.1) is 0 Å². The lowest BCUT2D eigenvalue weighted by molar-refractivity contribution is 0.475. The van der Waals surface area contributed by atoms with Crippen LogP contribution in [0.15, 0.2) is 83.3 Å². The van der Waals surface area contributed by atoms with Crippen molar-refractivity contribution in [3.8, 4) is 17.2 Å². The Hall–Kier alpha value is -3.67. The lowest BCUT2D eigenvalue weighted by Crippen LogP contribution is -2.14. The Morgan fingerprint density at radius 1 is 0.852 bits per heavy atom. The standard InChI is InChI=1S/C21H16FN3O2/c22-18-9-5-4-8-17(18)19(23-15-10-12-16(26)13-11-15)21-25-24-20(27-21)14-6-2-1-3-7-14/h1-13,19,23,26H/t19-/m0/s1. The van der Waals surface area contributed by atoms with Crippen LogP contribution in [0.3, 0.4) is 0 Å². The summed E-state index contributed by atoms with van der Waals surface area (Å²) in [7, 11) is 0. The summed E-state index contributed by atoms with van der Waals surface area (Å²) in [6.45, 7) is 0. The molecule has 3 aromatic carbocycles. The summed E-state index contributed by atoms with van der Waals surface area (Å²) in [6.07, 6.45) is 0. The van der Waals surface area contributed by atoms with Gasteiger partial charge in [-0.3, -0.25) is 0 Å². The fourth-order valence-electron chi connectivity index (χ4n) is 2.75. The van der Waals surface area contributed by atoms with E-state index in [0.717, 1.165) is 5.56 Å². The molecule has 0 spiro atoms. The summed E-state index contributed by atoms with van der Waals surface area (Å²) in [5.74, 6) is 0.367. The van der Waals surface area contributed by atoms with Crippen molar-refractivity contribution in [3.05, 3.63) is 96.1 Å². The Bertz CT molecular complexity index is 1030. The number of anilines is 1. The number of nitrogens with one attached hydrogen (secondary N) is 1. The van der Waals surface area contributed by atoms with Crippen molar-refractivity contribution in [1.82, 2.24) is 10.2 Å². The van der Waals surface area contributed by atoms with E-state index in [2.05, 4.69) is 15.5 Å². The zero-order valence-corrected chi connectivity index (χ0v) is 14.2. The van der Waals surface area contributed by atoms with Crippen LogP contribution in [-0.4, -0.2) is 15.3 Å². The number of phenolic OH excluding ortho intramolecular Hbond substituents is 1. The minimum atomic E-state index is -0.680. The fourth-order valence-corrected chi connectivity index (χ4v) is 2.75. The zero-order chi connectivity index (χ0) is 18.6. The van der Waals surface area contributed by atoms with Crippen molar-refractivity contribution in [2.45, 2.75) is 6.04 Å². The van der Waals surface area contributed by atoms with E-state index in [-0.39, 0.29) is 17.5 Å². The highest BCUT2D eigenvalue weighted by molar-refractivity contribution is 5.53. The molecule has 1 aromatic heterocycles. The molecule has 0 amide bonds. The highest BCUT2D eigenvalue weighted by Crippen LogP contribution is 2.30. The monoisotopic (exact) mass is 361 g/mol. The Kier molecular flexibility index (Phi) is 4.53. The van der Waals surface area contributed by atoms with Gasteiger partial charge in [0.25, 0.3) is 0 Å². The van der Waals surface area contributed by atoms with Gasteiger partial charge in [-0.25, -0.2) is 4.39 Å². The van der Waals surface area contributed by atoms with Gasteiger partial charge in [0, 0.05) is 16.8 Å². The van der Waals surface area contributed by atoms with Crippen LogP contribution < -0.4 is 5.32 Å². The molecular formula is C21H16FN3O2. The van der Waals surface area contributed by atoms with Gasteiger partial charge in [0.2, 0.25) is 11.8 Å². The van der Waals surface area contributed by atoms with Gasteiger partial charge in [0.15, 0.2) is 0 Å². The second kappa shape index (κ2) is 7.29. The molecule has 134 valence electrons. The van der Waals surface area contributed by atoms with Gasteiger partial charge in [-0.2, -0.15) is 0 Å². The molecule has 0 aliphatic heterocycles. The molecule has 0 fully saturated rings. The van der Waals surface area contributed by atoms with Crippen molar-refractivity contribution in [2.24, 2.45) is 0 Å². The maximum atomic E-state index is 14.5. The zero-order valence-electron chi connectivity index (χ0n) is 14.2. The molecule has 27 heavy (non-hydrogen) atoms. The molecule has 0 unspecified atom stereocenters. The third-order valence-corrected chi connectivity index (χ3v) is 4.10. The summed E-state index contributed by atoms with van der Waals surface area (Å²) >= 11 is 0. The van der Waals surface area contributed by atoms with Crippen LogP contribution in [0.2, 0.25) is 0 Å². The number of nitrogens with zero attached hydrogens (tertiary/aromatic N) is 2. The number of phenols is 1. The van der Waals surface area contributed by atoms with Gasteiger partial charge in [0.1, 0.15) is 17.6 Å². The van der Waals surface area contributed by atoms with E-state index in [1.54, 1.807) is 42.5 Å². The number of benzene rings is 3. The molecule has 0 saturated heterocycles. The fraction of sp³-hybridized carbons (Fsp3) is 0.0476. The van der Waals surface area contributed by atoms with E-state index in [0.29, 0.717) is 17.1 Å². The first-order chi connectivity index (χ1) is 13.2. The number of aromatic hydroxyl groups is 1. The minimum absolute atomic E-state index is 0.146. The van der Waals surface area contributed by atoms with E-state index in [4.69, 9.17) is 4.42 Å². The number of aromatic nitrogens is 2. The maximum Gasteiger partial charge on any atom is 0.247 e. The molecule has 1 heterocycles. The van der Waals surface area contributed by atoms with Crippen molar-refractivity contribution in [2.75, 3.05) is 5.32 Å². The average molecular weight is 361 g/mol. The second-order valence-electron chi connectivity index (χ2n) is 5.96. The number of hydrogen-bond donors (Lipinski definition) is 2. The van der Waals surface area contributed by atoms with E-state index in [9.17, 15) is 9.50 Å². The predicted molar refractivity (Wildman–Crippen MR) is 99.7 cm³/mol.